The van der Waals surface area contributed by atoms with Gasteiger partial charge in [-0.25, -0.2) is 4.79 Å². The van der Waals surface area contributed by atoms with Crippen molar-refractivity contribution in [2.45, 2.75) is 44.7 Å². The third-order valence-electron chi connectivity index (χ3n) is 3.84. The van der Waals surface area contributed by atoms with Crippen LogP contribution in [0.5, 0.6) is 0 Å². The highest BCUT2D eigenvalue weighted by Crippen LogP contribution is 2.38. The number of carboxylic acid groups (broad SMARTS) is 1. The number of nitrogens with one attached hydrogen (secondary N) is 1. The molecule has 3 N–H and O–H groups in total. The fourth-order valence-corrected chi connectivity index (χ4v) is 2.68. The van der Waals surface area contributed by atoms with Crippen molar-refractivity contribution in [2.24, 2.45) is 0 Å². The summed E-state index contributed by atoms with van der Waals surface area (Å²) in [6, 6.07) is -0.295. The van der Waals surface area contributed by atoms with E-state index in [1.807, 2.05) is 0 Å². The Kier molecular flexibility index (Phi) is 4.50. The maximum Gasteiger partial charge on any atom is 0.407 e. The minimum atomic E-state index is -3.25. The van der Waals surface area contributed by atoms with E-state index in [2.05, 4.69) is 16.8 Å². The molecule has 6 nitrogen and oxygen atoms in total. The number of nitrogens with zero attached hydrogens (tertiary/aromatic N) is 2. The Labute approximate surface area is 126 Å². The molecule has 1 aromatic heterocycles. The maximum atomic E-state index is 14.4. The number of rotatable bonds is 5. The molecule has 8 heteroatoms. The van der Waals surface area contributed by atoms with E-state index in [0.717, 1.165) is 4.90 Å². The second-order valence-electron chi connectivity index (χ2n) is 5.60. The Morgan fingerprint density at radius 3 is 2.86 bits per heavy atom. The quantitative estimate of drug-likeness (QED) is 0.727. The molecule has 0 spiro atoms. The minimum Gasteiger partial charge on any atom is -0.465 e. The van der Waals surface area contributed by atoms with Crippen molar-refractivity contribution < 1.29 is 23.8 Å². The summed E-state index contributed by atoms with van der Waals surface area (Å²) in [4.78, 5) is 12.3. The zero-order chi connectivity index (χ0) is 16.5. The van der Waals surface area contributed by atoms with Crippen molar-refractivity contribution in [1.29, 1.82) is 0 Å². The monoisotopic (exact) mass is 315 g/mol. The molecule has 1 aliphatic heterocycles. The molecular formula is C14H19F2N3O3. The van der Waals surface area contributed by atoms with E-state index in [-0.39, 0.29) is 36.8 Å². The van der Waals surface area contributed by atoms with Crippen molar-refractivity contribution in [3.63, 3.8) is 0 Å². The van der Waals surface area contributed by atoms with E-state index in [1.165, 1.54) is 0 Å². The molecule has 1 aliphatic rings. The van der Waals surface area contributed by atoms with E-state index in [1.54, 1.807) is 6.92 Å². The van der Waals surface area contributed by atoms with E-state index < -0.39 is 24.1 Å². The lowest BCUT2D eigenvalue weighted by Gasteiger charge is -2.31. The molecule has 1 aromatic rings. The molecule has 0 saturated heterocycles. The van der Waals surface area contributed by atoms with Gasteiger partial charge in [-0.2, -0.15) is 13.9 Å². The predicted molar refractivity (Wildman–Crippen MR) is 74.7 cm³/mol. The number of alkyl halides is 2. The molecule has 0 unspecified atom stereocenters. The third kappa shape index (κ3) is 3.11. The van der Waals surface area contributed by atoms with Crippen molar-refractivity contribution in [1.82, 2.24) is 15.1 Å². The summed E-state index contributed by atoms with van der Waals surface area (Å²) in [6.07, 6.45) is -1.34. The number of carbonyl (C=O) groups is 1. The van der Waals surface area contributed by atoms with Crippen LogP contribution in [0.1, 0.15) is 36.7 Å². The number of aliphatic hydroxyl groups excluding tert-OH is 1. The molecule has 0 fully saturated rings. The van der Waals surface area contributed by atoms with Crippen LogP contribution in [0, 0.1) is 0 Å². The van der Waals surface area contributed by atoms with Crippen LogP contribution in [0.3, 0.4) is 0 Å². The largest absolute Gasteiger partial charge is 0.465 e. The smallest absolute Gasteiger partial charge is 0.407 e. The second-order valence-corrected chi connectivity index (χ2v) is 5.60. The zero-order valence-corrected chi connectivity index (χ0v) is 12.3. The van der Waals surface area contributed by atoms with Gasteiger partial charge in [0.25, 0.3) is 5.92 Å². The lowest BCUT2D eigenvalue weighted by Crippen LogP contribution is -2.42. The van der Waals surface area contributed by atoms with Crippen molar-refractivity contribution in [3.8, 4) is 0 Å². The van der Waals surface area contributed by atoms with Crippen molar-refractivity contribution >= 4 is 6.09 Å². The first-order valence-corrected chi connectivity index (χ1v) is 6.97. The van der Waals surface area contributed by atoms with Crippen LogP contribution in [-0.2, 0) is 18.9 Å². The van der Waals surface area contributed by atoms with Crippen LogP contribution in [0.4, 0.5) is 13.6 Å². The number of aromatic amines is 1. The minimum absolute atomic E-state index is 0.0977. The summed E-state index contributed by atoms with van der Waals surface area (Å²) >= 11 is 0. The van der Waals surface area contributed by atoms with Gasteiger partial charge in [-0.3, -0.25) is 5.10 Å². The summed E-state index contributed by atoms with van der Waals surface area (Å²) in [6.45, 7) is 4.90. The SMILES string of the molecule is C=C(CCO)CC(F)(F)c1n[nH]c2c1CN(C(=O)O)[C@H](C)C2. The topological polar surface area (TPSA) is 89.5 Å². The van der Waals surface area contributed by atoms with Crippen LogP contribution in [0.25, 0.3) is 0 Å². The van der Waals surface area contributed by atoms with Gasteiger partial charge in [-0.05, 0) is 13.3 Å². The summed E-state index contributed by atoms with van der Waals surface area (Å²) < 4.78 is 28.8. The Balaban J connectivity index is 2.28. The van der Waals surface area contributed by atoms with Crippen LogP contribution < -0.4 is 0 Å². The average molecular weight is 315 g/mol. The highest BCUT2D eigenvalue weighted by molar-refractivity contribution is 5.66. The van der Waals surface area contributed by atoms with E-state index in [4.69, 9.17) is 10.2 Å². The molecule has 0 radical (unpaired) electrons. The van der Waals surface area contributed by atoms with Gasteiger partial charge in [0.15, 0.2) is 0 Å². The third-order valence-corrected chi connectivity index (χ3v) is 3.84. The number of hydrogen-bond donors (Lipinski definition) is 3. The Morgan fingerprint density at radius 1 is 1.59 bits per heavy atom. The van der Waals surface area contributed by atoms with Gasteiger partial charge in [0, 0.05) is 36.7 Å². The molecule has 2 heterocycles. The van der Waals surface area contributed by atoms with Crippen molar-refractivity contribution in [2.75, 3.05) is 6.61 Å². The Hall–Kier alpha value is -1.96. The fraction of sp³-hybridized carbons (Fsp3) is 0.571. The van der Waals surface area contributed by atoms with Gasteiger partial charge in [-0.1, -0.05) is 12.2 Å². The second kappa shape index (κ2) is 6.04. The highest BCUT2D eigenvalue weighted by Gasteiger charge is 2.41. The summed E-state index contributed by atoms with van der Waals surface area (Å²) in [5.41, 5.74) is 0.581. The number of aliphatic hydroxyl groups is 1. The van der Waals surface area contributed by atoms with Gasteiger partial charge in [0.05, 0.1) is 6.54 Å². The Bertz CT molecular complexity index is 586. The molecule has 122 valence electrons. The zero-order valence-electron chi connectivity index (χ0n) is 12.3. The van der Waals surface area contributed by atoms with Crippen LogP contribution in [0.15, 0.2) is 12.2 Å². The molecule has 0 saturated carbocycles. The van der Waals surface area contributed by atoms with E-state index >= 15 is 0 Å². The molecule has 0 aromatic carbocycles. The van der Waals surface area contributed by atoms with Gasteiger partial charge in [-0.15, -0.1) is 0 Å². The van der Waals surface area contributed by atoms with Crippen LogP contribution in [-0.4, -0.2) is 44.1 Å². The summed E-state index contributed by atoms with van der Waals surface area (Å²) in [5.74, 6) is -3.25. The first-order valence-electron chi connectivity index (χ1n) is 6.97. The molecule has 1 amide bonds. The first kappa shape index (κ1) is 16.4. The lowest BCUT2D eigenvalue weighted by molar-refractivity contribution is -0.0111. The first-order chi connectivity index (χ1) is 10.3. The van der Waals surface area contributed by atoms with Crippen LogP contribution >= 0.6 is 0 Å². The van der Waals surface area contributed by atoms with E-state index in [9.17, 15) is 13.6 Å². The molecule has 0 aliphatic carbocycles. The molecule has 2 rings (SSSR count). The Morgan fingerprint density at radius 2 is 2.27 bits per heavy atom. The van der Waals surface area contributed by atoms with Gasteiger partial charge < -0.3 is 15.1 Å². The number of amides is 1. The molecule has 1 atom stereocenters. The van der Waals surface area contributed by atoms with Crippen molar-refractivity contribution in [3.05, 3.63) is 29.1 Å². The maximum absolute atomic E-state index is 14.4. The molecular weight excluding hydrogens is 296 g/mol. The number of halogens is 2. The van der Waals surface area contributed by atoms with Gasteiger partial charge >= 0.3 is 6.09 Å². The molecule has 0 bridgehead atoms. The fourth-order valence-electron chi connectivity index (χ4n) is 2.68. The standard InChI is InChI=1S/C14H19F2N3O3/c1-8(3-4-20)6-14(15,16)12-10-7-19(13(21)22)9(2)5-11(10)17-18-12/h9,20H,1,3-7H2,2H3,(H,17,18)(H,21,22)/t9-/m1/s1. The number of fused-ring (bicyclic) bond motifs is 1. The highest BCUT2D eigenvalue weighted by atomic mass is 19.3. The van der Waals surface area contributed by atoms with Crippen LogP contribution in [0.2, 0.25) is 0 Å². The van der Waals surface area contributed by atoms with Gasteiger partial charge in [0.1, 0.15) is 5.69 Å². The summed E-state index contributed by atoms with van der Waals surface area (Å²) in [7, 11) is 0. The number of H-pyrrole nitrogens is 1. The summed E-state index contributed by atoms with van der Waals surface area (Å²) in [5, 5.41) is 24.2. The number of aromatic nitrogens is 2. The predicted octanol–water partition coefficient (Wildman–Crippen LogP) is 2.25. The van der Waals surface area contributed by atoms with E-state index in [0.29, 0.717) is 12.1 Å². The lowest BCUT2D eigenvalue weighted by atomic mass is 9.95. The number of hydrogen-bond acceptors (Lipinski definition) is 3. The van der Waals surface area contributed by atoms with Gasteiger partial charge in [0.2, 0.25) is 0 Å². The average Bonchev–Trinajstić information content (AvgIpc) is 2.80. The molecule has 22 heavy (non-hydrogen) atoms. The normalized spacial score (nSPS) is 18.2.